The van der Waals surface area contributed by atoms with Gasteiger partial charge in [0.25, 0.3) is 0 Å². The van der Waals surface area contributed by atoms with Crippen LogP contribution in [-0.4, -0.2) is 15.9 Å². The molecule has 1 saturated carbocycles. The van der Waals surface area contributed by atoms with Gasteiger partial charge in [0.15, 0.2) is 0 Å². The molecule has 3 heteroatoms. The Morgan fingerprint density at radius 1 is 1.22 bits per heavy atom. The molecule has 0 aromatic carbocycles. The Morgan fingerprint density at radius 3 is 3.00 bits per heavy atom. The lowest BCUT2D eigenvalue weighted by molar-refractivity contribution is 0.344. The Labute approximate surface area is 107 Å². The monoisotopic (exact) mass is 241 g/mol. The lowest BCUT2D eigenvalue weighted by Crippen LogP contribution is -2.34. The van der Waals surface area contributed by atoms with Crippen LogP contribution in [0.4, 0.5) is 0 Å². The van der Waals surface area contributed by atoms with Gasteiger partial charge in [-0.25, -0.2) is 4.98 Å². The minimum Gasteiger partial charge on any atom is -0.308 e. The van der Waals surface area contributed by atoms with Crippen molar-refractivity contribution in [3.8, 4) is 0 Å². The summed E-state index contributed by atoms with van der Waals surface area (Å²) < 4.78 is 2.30. The number of fused-ring (bicyclic) bond motifs is 3. The maximum Gasteiger partial charge on any atom is 0.137 e. The highest BCUT2D eigenvalue weighted by Gasteiger charge is 2.32. The van der Waals surface area contributed by atoms with Crippen LogP contribution in [0.15, 0.2) is 24.4 Å². The molecule has 18 heavy (non-hydrogen) atoms. The summed E-state index contributed by atoms with van der Waals surface area (Å²) in [6.07, 6.45) is 8.77. The van der Waals surface area contributed by atoms with Gasteiger partial charge in [0.1, 0.15) is 5.65 Å². The highest BCUT2D eigenvalue weighted by molar-refractivity contribution is 5.45. The quantitative estimate of drug-likeness (QED) is 0.831. The van der Waals surface area contributed by atoms with Crippen molar-refractivity contribution >= 4 is 5.65 Å². The third-order valence-electron chi connectivity index (χ3n) is 4.53. The number of pyridine rings is 1. The third-order valence-corrected chi connectivity index (χ3v) is 4.53. The number of imidazole rings is 1. The van der Waals surface area contributed by atoms with E-state index in [0.717, 1.165) is 24.5 Å². The summed E-state index contributed by atoms with van der Waals surface area (Å²) in [5.74, 6) is 0.809. The molecule has 0 radical (unpaired) electrons. The van der Waals surface area contributed by atoms with Crippen LogP contribution in [0.1, 0.15) is 43.1 Å². The van der Waals surface area contributed by atoms with Gasteiger partial charge in [-0.15, -0.1) is 0 Å². The molecule has 2 aromatic heterocycles. The van der Waals surface area contributed by atoms with Crippen LogP contribution in [0.3, 0.4) is 0 Å². The number of hydrogen-bond acceptors (Lipinski definition) is 2. The number of nitrogens with one attached hydrogen (secondary N) is 1. The summed E-state index contributed by atoms with van der Waals surface area (Å²) in [5, 5.41) is 3.73. The van der Waals surface area contributed by atoms with Crippen molar-refractivity contribution in [3.63, 3.8) is 0 Å². The van der Waals surface area contributed by atoms with Crippen LogP contribution in [0.25, 0.3) is 5.65 Å². The van der Waals surface area contributed by atoms with Gasteiger partial charge >= 0.3 is 0 Å². The zero-order valence-corrected chi connectivity index (χ0v) is 10.6. The maximum absolute atomic E-state index is 4.80. The molecule has 0 bridgehead atoms. The van der Waals surface area contributed by atoms with E-state index >= 15 is 0 Å². The molecule has 1 fully saturated rings. The highest BCUT2D eigenvalue weighted by atomic mass is 15.1. The second kappa shape index (κ2) is 4.09. The van der Waals surface area contributed by atoms with Crippen molar-refractivity contribution in [2.75, 3.05) is 6.54 Å². The van der Waals surface area contributed by atoms with Gasteiger partial charge in [-0.05, 0) is 30.9 Å². The third kappa shape index (κ3) is 1.50. The predicted molar refractivity (Wildman–Crippen MR) is 71.6 cm³/mol. The van der Waals surface area contributed by atoms with Crippen molar-refractivity contribution in [2.24, 2.45) is 5.92 Å². The fourth-order valence-corrected chi connectivity index (χ4v) is 3.70. The summed E-state index contributed by atoms with van der Waals surface area (Å²) in [7, 11) is 0. The molecular weight excluding hydrogens is 222 g/mol. The first kappa shape index (κ1) is 10.6. The zero-order chi connectivity index (χ0) is 11.9. The van der Waals surface area contributed by atoms with E-state index in [1.165, 1.54) is 37.1 Å². The van der Waals surface area contributed by atoms with Crippen LogP contribution in [0, 0.1) is 5.92 Å². The first-order valence-electron chi connectivity index (χ1n) is 7.13. The molecule has 3 heterocycles. The van der Waals surface area contributed by atoms with Crippen LogP contribution in [0.2, 0.25) is 0 Å². The smallest absolute Gasteiger partial charge is 0.137 e. The van der Waals surface area contributed by atoms with E-state index in [9.17, 15) is 0 Å². The van der Waals surface area contributed by atoms with Gasteiger partial charge in [0.2, 0.25) is 0 Å². The molecular formula is C15H19N3. The van der Waals surface area contributed by atoms with E-state index in [4.69, 9.17) is 4.98 Å². The van der Waals surface area contributed by atoms with Crippen molar-refractivity contribution < 1.29 is 0 Å². The lowest BCUT2D eigenvalue weighted by atomic mass is 9.91. The first-order chi connectivity index (χ1) is 8.93. The second-order valence-electron chi connectivity index (χ2n) is 5.60. The average molecular weight is 241 g/mol. The van der Waals surface area contributed by atoms with Crippen molar-refractivity contribution in [1.82, 2.24) is 14.7 Å². The van der Waals surface area contributed by atoms with Crippen molar-refractivity contribution in [2.45, 2.75) is 38.1 Å². The number of aromatic nitrogens is 2. The molecule has 1 atom stereocenters. The van der Waals surface area contributed by atoms with E-state index < -0.39 is 0 Å². The summed E-state index contributed by atoms with van der Waals surface area (Å²) in [5.41, 5.74) is 3.86. The van der Waals surface area contributed by atoms with Gasteiger partial charge in [-0.1, -0.05) is 18.9 Å². The predicted octanol–water partition coefficient (Wildman–Crippen LogP) is 2.71. The van der Waals surface area contributed by atoms with E-state index in [1.807, 2.05) is 0 Å². The van der Waals surface area contributed by atoms with Crippen LogP contribution in [-0.2, 0) is 6.42 Å². The average Bonchev–Trinajstić information content (AvgIpc) is 3.05. The molecule has 2 aliphatic rings. The molecule has 4 rings (SSSR count). The molecule has 1 unspecified atom stereocenters. The number of hydrogen-bond donors (Lipinski definition) is 1. The molecule has 1 aliphatic carbocycles. The standard InChI is InChI=1S/C15H19N3/c1-2-6-11(5-1)14-15-12(8-9-16-14)17-13-7-3-4-10-18(13)15/h3-4,7,10-11,14,16H,1-2,5-6,8-9H2. The summed E-state index contributed by atoms with van der Waals surface area (Å²) in [4.78, 5) is 4.80. The summed E-state index contributed by atoms with van der Waals surface area (Å²) in [6, 6.07) is 6.82. The molecule has 0 amide bonds. The normalized spacial score (nSPS) is 24.6. The van der Waals surface area contributed by atoms with E-state index in [0.29, 0.717) is 6.04 Å². The molecule has 3 nitrogen and oxygen atoms in total. The first-order valence-corrected chi connectivity index (χ1v) is 7.13. The number of rotatable bonds is 1. The Hall–Kier alpha value is -1.35. The molecule has 94 valence electrons. The van der Waals surface area contributed by atoms with Gasteiger partial charge < -0.3 is 9.72 Å². The van der Waals surface area contributed by atoms with Crippen LogP contribution < -0.4 is 5.32 Å². The summed E-state index contributed by atoms with van der Waals surface area (Å²) in [6.45, 7) is 1.08. The topological polar surface area (TPSA) is 29.3 Å². The van der Waals surface area contributed by atoms with Crippen LogP contribution >= 0.6 is 0 Å². The van der Waals surface area contributed by atoms with Gasteiger partial charge in [-0.3, -0.25) is 0 Å². The fraction of sp³-hybridized carbons (Fsp3) is 0.533. The summed E-state index contributed by atoms with van der Waals surface area (Å²) >= 11 is 0. The largest absolute Gasteiger partial charge is 0.308 e. The zero-order valence-electron chi connectivity index (χ0n) is 10.6. The van der Waals surface area contributed by atoms with Crippen LogP contribution in [0.5, 0.6) is 0 Å². The Kier molecular flexibility index (Phi) is 2.40. The Balaban J connectivity index is 1.86. The van der Waals surface area contributed by atoms with E-state index in [-0.39, 0.29) is 0 Å². The van der Waals surface area contributed by atoms with Gasteiger partial charge in [0.05, 0.1) is 17.4 Å². The fourth-order valence-electron chi connectivity index (χ4n) is 3.70. The van der Waals surface area contributed by atoms with Gasteiger partial charge in [-0.2, -0.15) is 0 Å². The molecule has 1 aliphatic heterocycles. The molecule has 2 aromatic rings. The van der Waals surface area contributed by atoms with Crippen molar-refractivity contribution in [1.29, 1.82) is 0 Å². The Morgan fingerprint density at radius 2 is 2.11 bits per heavy atom. The molecule has 0 saturated heterocycles. The minimum atomic E-state index is 0.522. The number of nitrogens with zero attached hydrogens (tertiary/aromatic N) is 2. The van der Waals surface area contributed by atoms with Crippen molar-refractivity contribution in [3.05, 3.63) is 35.8 Å². The lowest BCUT2D eigenvalue weighted by Gasteiger charge is -2.29. The van der Waals surface area contributed by atoms with Gasteiger partial charge in [0, 0.05) is 19.2 Å². The van der Waals surface area contributed by atoms with E-state index in [1.54, 1.807) is 0 Å². The SMILES string of the molecule is c1ccn2c3c(nc2c1)CCNC3C1CCCC1. The highest BCUT2D eigenvalue weighted by Crippen LogP contribution is 2.38. The maximum atomic E-state index is 4.80. The second-order valence-corrected chi connectivity index (χ2v) is 5.60. The Bertz CT molecular complexity index is 566. The van der Waals surface area contributed by atoms with E-state index in [2.05, 4.69) is 34.1 Å². The minimum absolute atomic E-state index is 0.522. The molecule has 1 N–H and O–H groups in total. The molecule has 0 spiro atoms.